The van der Waals surface area contributed by atoms with Gasteiger partial charge in [-0.05, 0) is 11.1 Å². The summed E-state index contributed by atoms with van der Waals surface area (Å²) in [5.41, 5.74) is 2.14. The van der Waals surface area contributed by atoms with Crippen LogP contribution in [0.5, 0.6) is 0 Å². The standard InChI is InChI=1S/C19H26N4O2/c1-2-18-20-7-8-23(18)14-19(25)22-11-9-21(10-12-22)13-16-5-3-4-6-17(16)15-24/h3-8,24H,2,9-15H2,1H3. The van der Waals surface area contributed by atoms with Crippen molar-refractivity contribution in [2.45, 2.75) is 33.0 Å². The lowest BCUT2D eigenvalue weighted by Crippen LogP contribution is -2.49. The van der Waals surface area contributed by atoms with Crippen molar-refractivity contribution in [3.05, 3.63) is 53.6 Å². The largest absolute Gasteiger partial charge is 0.392 e. The first kappa shape index (κ1) is 17.6. The van der Waals surface area contributed by atoms with Gasteiger partial charge in [-0.2, -0.15) is 0 Å². The van der Waals surface area contributed by atoms with Gasteiger partial charge in [0.15, 0.2) is 0 Å². The predicted molar refractivity (Wildman–Crippen MR) is 95.8 cm³/mol. The molecule has 1 aliphatic rings. The van der Waals surface area contributed by atoms with Crippen molar-refractivity contribution < 1.29 is 9.90 Å². The van der Waals surface area contributed by atoms with E-state index in [2.05, 4.69) is 16.0 Å². The third kappa shape index (κ3) is 4.27. The number of hydrogen-bond acceptors (Lipinski definition) is 4. The van der Waals surface area contributed by atoms with Crippen LogP contribution in [0.3, 0.4) is 0 Å². The van der Waals surface area contributed by atoms with Gasteiger partial charge in [-0.3, -0.25) is 9.69 Å². The highest BCUT2D eigenvalue weighted by atomic mass is 16.3. The number of amides is 1. The van der Waals surface area contributed by atoms with Crippen LogP contribution in [0.2, 0.25) is 0 Å². The van der Waals surface area contributed by atoms with E-state index in [9.17, 15) is 9.90 Å². The lowest BCUT2D eigenvalue weighted by atomic mass is 10.1. The Morgan fingerprint density at radius 2 is 1.88 bits per heavy atom. The summed E-state index contributed by atoms with van der Waals surface area (Å²) in [4.78, 5) is 21.1. The zero-order valence-electron chi connectivity index (χ0n) is 14.8. The van der Waals surface area contributed by atoms with E-state index in [1.807, 2.05) is 40.8 Å². The molecule has 6 heteroatoms. The predicted octanol–water partition coefficient (Wildman–Crippen LogP) is 1.28. The third-order valence-electron chi connectivity index (χ3n) is 4.83. The normalized spacial score (nSPS) is 15.5. The van der Waals surface area contributed by atoms with Crippen molar-refractivity contribution in [2.24, 2.45) is 0 Å². The van der Waals surface area contributed by atoms with E-state index in [0.717, 1.165) is 56.1 Å². The summed E-state index contributed by atoms with van der Waals surface area (Å²) in [6.07, 6.45) is 4.46. The molecule has 0 aliphatic carbocycles. The SMILES string of the molecule is CCc1nccn1CC(=O)N1CCN(Cc2ccccc2CO)CC1. The number of aryl methyl sites for hydroxylation is 1. The minimum absolute atomic E-state index is 0.0687. The summed E-state index contributed by atoms with van der Waals surface area (Å²) < 4.78 is 1.94. The van der Waals surface area contributed by atoms with Crippen LogP contribution in [0.1, 0.15) is 23.9 Å². The average molecular weight is 342 g/mol. The van der Waals surface area contributed by atoms with E-state index >= 15 is 0 Å². The fraction of sp³-hybridized carbons (Fsp3) is 0.474. The van der Waals surface area contributed by atoms with Crippen molar-refractivity contribution in [3.8, 4) is 0 Å². The fourth-order valence-electron chi connectivity index (χ4n) is 3.31. The van der Waals surface area contributed by atoms with Gasteiger partial charge in [-0.25, -0.2) is 4.98 Å². The summed E-state index contributed by atoms with van der Waals surface area (Å²) in [6, 6.07) is 7.98. The van der Waals surface area contributed by atoms with Crippen molar-refractivity contribution in [1.29, 1.82) is 0 Å². The number of carbonyl (C=O) groups excluding carboxylic acids is 1. The molecule has 2 heterocycles. The van der Waals surface area contributed by atoms with Crippen LogP contribution in [-0.4, -0.2) is 56.5 Å². The molecular formula is C19H26N4O2. The van der Waals surface area contributed by atoms with Gasteiger partial charge in [0, 0.05) is 51.5 Å². The molecule has 0 saturated carbocycles. The summed E-state index contributed by atoms with van der Waals surface area (Å²) in [6.45, 7) is 6.51. The topological polar surface area (TPSA) is 61.6 Å². The molecule has 3 rings (SSSR count). The Morgan fingerprint density at radius 1 is 1.16 bits per heavy atom. The number of benzene rings is 1. The molecule has 0 atom stereocenters. The van der Waals surface area contributed by atoms with Gasteiger partial charge in [-0.15, -0.1) is 0 Å². The van der Waals surface area contributed by atoms with Crippen LogP contribution in [0.25, 0.3) is 0 Å². The molecule has 0 radical (unpaired) electrons. The van der Waals surface area contributed by atoms with E-state index in [-0.39, 0.29) is 12.5 Å². The van der Waals surface area contributed by atoms with Crippen LogP contribution >= 0.6 is 0 Å². The minimum atomic E-state index is 0.0687. The Kier molecular flexibility index (Phi) is 5.83. The minimum Gasteiger partial charge on any atom is -0.392 e. The van der Waals surface area contributed by atoms with E-state index in [1.165, 1.54) is 0 Å². The van der Waals surface area contributed by atoms with E-state index in [0.29, 0.717) is 6.54 Å². The maximum atomic E-state index is 12.5. The second-order valence-electron chi connectivity index (χ2n) is 6.41. The maximum Gasteiger partial charge on any atom is 0.242 e. The zero-order chi connectivity index (χ0) is 17.6. The highest BCUT2D eigenvalue weighted by molar-refractivity contribution is 5.76. The van der Waals surface area contributed by atoms with Gasteiger partial charge in [-0.1, -0.05) is 31.2 Å². The molecule has 2 aromatic rings. The number of carbonyl (C=O) groups is 1. The molecule has 0 unspecified atom stereocenters. The number of aliphatic hydroxyl groups excluding tert-OH is 1. The highest BCUT2D eigenvalue weighted by Gasteiger charge is 2.22. The molecule has 1 N–H and O–H groups in total. The first-order chi connectivity index (χ1) is 12.2. The van der Waals surface area contributed by atoms with Gasteiger partial charge in [0.05, 0.1) is 6.61 Å². The van der Waals surface area contributed by atoms with E-state index < -0.39 is 0 Å². The molecule has 6 nitrogen and oxygen atoms in total. The summed E-state index contributed by atoms with van der Waals surface area (Å²) in [5, 5.41) is 9.45. The smallest absolute Gasteiger partial charge is 0.242 e. The van der Waals surface area contributed by atoms with Crippen LogP contribution in [0, 0.1) is 0 Å². The molecule has 0 bridgehead atoms. The van der Waals surface area contributed by atoms with Crippen molar-refractivity contribution in [3.63, 3.8) is 0 Å². The number of nitrogens with zero attached hydrogens (tertiary/aromatic N) is 4. The number of piperazine rings is 1. The van der Waals surface area contributed by atoms with E-state index in [1.54, 1.807) is 6.20 Å². The Bertz CT molecular complexity index is 705. The van der Waals surface area contributed by atoms with Gasteiger partial charge in [0.2, 0.25) is 5.91 Å². The van der Waals surface area contributed by atoms with Crippen molar-refractivity contribution in [2.75, 3.05) is 26.2 Å². The summed E-state index contributed by atoms with van der Waals surface area (Å²) in [7, 11) is 0. The first-order valence-electron chi connectivity index (χ1n) is 8.89. The molecule has 1 aliphatic heterocycles. The fourth-order valence-corrected chi connectivity index (χ4v) is 3.31. The van der Waals surface area contributed by atoms with Gasteiger partial charge < -0.3 is 14.6 Å². The second kappa shape index (κ2) is 8.27. The molecule has 1 amide bonds. The van der Waals surface area contributed by atoms with Gasteiger partial charge in [0.25, 0.3) is 0 Å². The maximum absolute atomic E-state index is 12.5. The number of aromatic nitrogens is 2. The molecule has 1 aromatic heterocycles. The second-order valence-corrected chi connectivity index (χ2v) is 6.41. The van der Waals surface area contributed by atoms with Crippen molar-refractivity contribution in [1.82, 2.24) is 19.4 Å². The molecule has 1 aromatic carbocycles. The van der Waals surface area contributed by atoms with Crippen LogP contribution < -0.4 is 0 Å². The van der Waals surface area contributed by atoms with E-state index in [4.69, 9.17) is 0 Å². The monoisotopic (exact) mass is 342 g/mol. The molecule has 1 saturated heterocycles. The summed E-state index contributed by atoms with van der Waals surface area (Å²) >= 11 is 0. The van der Waals surface area contributed by atoms with Crippen molar-refractivity contribution >= 4 is 5.91 Å². The molecule has 0 spiro atoms. The number of hydrogen-bond donors (Lipinski definition) is 1. The Hall–Kier alpha value is -2.18. The van der Waals surface area contributed by atoms with Crippen LogP contribution in [0.4, 0.5) is 0 Å². The quantitative estimate of drug-likeness (QED) is 0.859. The molecule has 1 fully saturated rings. The first-order valence-corrected chi connectivity index (χ1v) is 8.89. The highest BCUT2D eigenvalue weighted by Crippen LogP contribution is 2.14. The summed E-state index contributed by atoms with van der Waals surface area (Å²) in [5.74, 6) is 1.11. The lowest BCUT2D eigenvalue weighted by molar-refractivity contribution is -0.133. The number of imidazole rings is 1. The average Bonchev–Trinajstić information content (AvgIpc) is 3.10. The third-order valence-corrected chi connectivity index (χ3v) is 4.83. The number of aliphatic hydroxyl groups is 1. The Labute approximate surface area is 148 Å². The molecule has 134 valence electrons. The Morgan fingerprint density at radius 3 is 2.56 bits per heavy atom. The zero-order valence-corrected chi connectivity index (χ0v) is 14.8. The Balaban J connectivity index is 1.52. The van der Waals surface area contributed by atoms with Crippen LogP contribution in [0.15, 0.2) is 36.7 Å². The van der Waals surface area contributed by atoms with Gasteiger partial charge >= 0.3 is 0 Å². The molecule has 25 heavy (non-hydrogen) atoms. The van der Waals surface area contributed by atoms with Gasteiger partial charge in [0.1, 0.15) is 12.4 Å². The van der Waals surface area contributed by atoms with Crippen LogP contribution in [-0.2, 0) is 30.9 Å². The molecular weight excluding hydrogens is 316 g/mol. The number of rotatable bonds is 6. The lowest BCUT2D eigenvalue weighted by Gasteiger charge is -2.35.